The Morgan fingerprint density at radius 3 is 2.63 bits per heavy atom. The highest BCUT2D eigenvalue weighted by Crippen LogP contribution is 2.11. The van der Waals surface area contributed by atoms with Gasteiger partial charge in [0.1, 0.15) is 0 Å². The molecule has 0 aliphatic heterocycles. The summed E-state index contributed by atoms with van der Waals surface area (Å²) >= 11 is 0. The molecule has 1 aromatic rings. The van der Waals surface area contributed by atoms with E-state index in [0.29, 0.717) is 24.2 Å². The molecule has 19 heavy (non-hydrogen) atoms. The molecule has 0 spiro atoms. The van der Waals surface area contributed by atoms with Gasteiger partial charge in [-0.05, 0) is 30.9 Å². The SMILES string of the molecule is CC(CCNC(=O)c1ccccc1N)CCC(=O)O. The third-order valence-corrected chi connectivity index (χ3v) is 2.98. The topological polar surface area (TPSA) is 92.4 Å². The van der Waals surface area contributed by atoms with Gasteiger partial charge < -0.3 is 16.2 Å². The van der Waals surface area contributed by atoms with Gasteiger partial charge in [-0.15, -0.1) is 0 Å². The normalized spacial score (nSPS) is 11.8. The molecule has 1 atom stereocenters. The van der Waals surface area contributed by atoms with Gasteiger partial charge in [-0.3, -0.25) is 9.59 Å². The number of carbonyl (C=O) groups excluding carboxylic acids is 1. The van der Waals surface area contributed by atoms with Crippen molar-refractivity contribution in [1.29, 1.82) is 0 Å². The van der Waals surface area contributed by atoms with Crippen LogP contribution in [0.25, 0.3) is 0 Å². The Kier molecular flexibility index (Phi) is 5.85. The van der Waals surface area contributed by atoms with E-state index in [0.717, 1.165) is 6.42 Å². The molecule has 5 heteroatoms. The summed E-state index contributed by atoms with van der Waals surface area (Å²) in [7, 11) is 0. The number of nitrogens with two attached hydrogens (primary N) is 1. The fraction of sp³-hybridized carbons (Fsp3) is 0.429. The summed E-state index contributed by atoms with van der Waals surface area (Å²) in [4.78, 5) is 22.3. The number of nitrogens with one attached hydrogen (secondary N) is 1. The van der Waals surface area contributed by atoms with Crippen LogP contribution in [0.5, 0.6) is 0 Å². The average Bonchev–Trinajstić information content (AvgIpc) is 2.36. The molecule has 1 unspecified atom stereocenters. The molecule has 0 saturated carbocycles. The predicted octanol–water partition coefficient (Wildman–Crippen LogP) is 1.89. The number of carbonyl (C=O) groups is 2. The summed E-state index contributed by atoms with van der Waals surface area (Å²) in [6.45, 7) is 2.50. The lowest BCUT2D eigenvalue weighted by molar-refractivity contribution is -0.137. The maximum atomic E-state index is 11.8. The highest BCUT2D eigenvalue weighted by atomic mass is 16.4. The Hall–Kier alpha value is -2.04. The molecule has 0 fully saturated rings. The lowest BCUT2D eigenvalue weighted by Crippen LogP contribution is -2.26. The van der Waals surface area contributed by atoms with Gasteiger partial charge in [-0.1, -0.05) is 19.1 Å². The second kappa shape index (κ2) is 7.41. The summed E-state index contributed by atoms with van der Waals surface area (Å²) in [5.74, 6) is -0.707. The van der Waals surface area contributed by atoms with Crippen molar-refractivity contribution in [2.45, 2.75) is 26.2 Å². The van der Waals surface area contributed by atoms with E-state index in [1.54, 1.807) is 24.3 Å². The van der Waals surface area contributed by atoms with Crippen molar-refractivity contribution in [3.8, 4) is 0 Å². The smallest absolute Gasteiger partial charge is 0.303 e. The first-order valence-electron chi connectivity index (χ1n) is 6.35. The van der Waals surface area contributed by atoms with Crippen LogP contribution < -0.4 is 11.1 Å². The molecule has 4 N–H and O–H groups in total. The highest BCUT2D eigenvalue weighted by molar-refractivity contribution is 5.98. The van der Waals surface area contributed by atoms with Crippen molar-refractivity contribution >= 4 is 17.6 Å². The minimum Gasteiger partial charge on any atom is -0.481 e. The Bertz CT molecular complexity index is 446. The molecule has 0 bridgehead atoms. The standard InChI is InChI=1S/C14H20N2O3/c1-10(6-7-13(17)18)8-9-16-14(19)11-4-2-3-5-12(11)15/h2-5,10H,6-9,15H2,1H3,(H,16,19)(H,17,18). The Morgan fingerprint density at radius 1 is 1.32 bits per heavy atom. The van der Waals surface area contributed by atoms with Crippen molar-refractivity contribution in [3.63, 3.8) is 0 Å². The number of para-hydroxylation sites is 1. The summed E-state index contributed by atoms with van der Waals surface area (Å²) in [6, 6.07) is 6.91. The van der Waals surface area contributed by atoms with E-state index in [9.17, 15) is 9.59 Å². The van der Waals surface area contributed by atoms with E-state index < -0.39 is 5.97 Å². The van der Waals surface area contributed by atoms with Crippen molar-refractivity contribution in [3.05, 3.63) is 29.8 Å². The third-order valence-electron chi connectivity index (χ3n) is 2.98. The second-order valence-corrected chi connectivity index (χ2v) is 4.67. The van der Waals surface area contributed by atoms with Gasteiger partial charge in [0.25, 0.3) is 5.91 Å². The van der Waals surface area contributed by atoms with E-state index in [4.69, 9.17) is 10.8 Å². The number of carboxylic acid groups (broad SMARTS) is 1. The van der Waals surface area contributed by atoms with Crippen LogP contribution in [0.4, 0.5) is 5.69 Å². The number of nitrogen functional groups attached to an aromatic ring is 1. The first-order chi connectivity index (χ1) is 9.00. The number of hydrogen-bond donors (Lipinski definition) is 3. The lowest BCUT2D eigenvalue weighted by atomic mass is 10.0. The zero-order valence-corrected chi connectivity index (χ0v) is 11.1. The summed E-state index contributed by atoms with van der Waals surface area (Å²) in [5.41, 5.74) is 6.64. The minimum atomic E-state index is -0.784. The molecule has 0 saturated heterocycles. The number of rotatable bonds is 7. The monoisotopic (exact) mass is 264 g/mol. The molecule has 0 aliphatic rings. The van der Waals surface area contributed by atoms with Crippen molar-refractivity contribution in [1.82, 2.24) is 5.32 Å². The Morgan fingerprint density at radius 2 is 2.00 bits per heavy atom. The molecule has 1 amide bonds. The van der Waals surface area contributed by atoms with Crippen LogP contribution in [-0.2, 0) is 4.79 Å². The first-order valence-corrected chi connectivity index (χ1v) is 6.35. The van der Waals surface area contributed by atoms with Crippen LogP contribution in [0.2, 0.25) is 0 Å². The van der Waals surface area contributed by atoms with Crippen molar-refractivity contribution in [2.75, 3.05) is 12.3 Å². The van der Waals surface area contributed by atoms with E-state index in [1.807, 2.05) is 6.92 Å². The molecule has 5 nitrogen and oxygen atoms in total. The number of aliphatic carboxylic acids is 1. The number of benzene rings is 1. The van der Waals surface area contributed by atoms with E-state index >= 15 is 0 Å². The van der Waals surface area contributed by atoms with Crippen LogP contribution in [0.1, 0.15) is 36.5 Å². The van der Waals surface area contributed by atoms with Gasteiger partial charge in [-0.25, -0.2) is 0 Å². The second-order valence-electron chi connectivity index (χ2n) is 4.67. The quantitative estimate of drug-likeness (QED) is 0.656. The largest absolute Gasteiger partial charge is 0.481 e. The van der Waals surface area contributed by atoms with Crippen LogP contribution in [0.15, 0.2) is 24.3 Å². The van der Waals surface area contributed by atoms with Gasteiger partial charge in [0.05, 0.1) is 5.56 Å². The summed E-state index contributed by atoms with van der Waals surface area (Å²) in [5, 5.41) is 11.4. The van der Waals surface area contributed by atoms with Gasteiger partial charge >= 0.3 is 5.97 Å². The number of carboxylic acids is 1. The molecular weight excluding hydrogens is 244 g/mol. The number of hydrogen-bond acceptors (Lipinski definition) is 3. The van der Waals surface area contributed by atoms with Crippen molar-refractivity contribution < 1.29 is 14.7 Å². The van der Waals surface area contributed by atoms with Crippen LogP contribution in [0.3, 0.4) is 0 Å². The van der Waals surface area contributed by atoms with Gasteiger partial charge in [0, 0.05) is 18.7 Å². The van der Waals surface area contributed by atoms with Gasteiger partial charge in [0.2, 0.25) is 0 Å². The van der Waals surface area contributed by atoms with E-state index in [1.165, 1.54) is 0 Å². The molecule has 0 heterocycles. The molecule has 104 valence electrons. The zero-order valence-electron chi connectivity index (χ0n) is 11.1. The first kappa shape index (κ1) is 15.0. The van der Waals surface area contributed by atoms with Gasteiger partial charge in [-0.2, -0.15) is 0 Å². The summed E-state index contributed by atoms with van der Waals surface area (Å²) < 4.78 is 0. The predicted molar refractivity (Wildman–Crippen MR) is 73.8 cm³/mol. The fourth-order valence-electron chi connectivity index (χ4n) is 1.75. The van der Waals surface area contributed by atoms with Crippen LogP contribution in [-0.4, -0.2) is 23.5 Å². The molecule has 1 rings (SSSR count). The van der Waals surface area contributed by atoms with Gasteiger partial charge in [0.15, 0.2) is 0 Å². The molecule has 0 aliphatic carbocycles. The number of amides is 1. The van der Waals surface area contributed by atoms with Crippen LogP contribution >= 0.6 is 0 Å². The summed E-state index contributed by atoms with van der Waals surface area (Å²) in [6.07, 6.45) is 1.55. The maximum Gasteiger partial charge on any atom is 0.303 e. The Labute approximate surface area is 112 Å². The third kappa shape index (κ3) is 5.42. The molecule has 1 aromatic carbocycles. The fourth-order valence-corrected chi connectivity index (χ4v) is 1.75. The molecular formula is C14H20N2O3. The maximum absolute atomic E-state index is 11.8. The minimum absolute atomic E-state index is 0.167. The highest BCUT2D eigenvalue weighted by Gasteiger charge is 2.09. The Balaban J connectivity index is 2.31. The van der Waals surface area contributed by atoms with E-state index in [-0.39, 0.29) is 18.2 Å². The zero-order chi connectivity index (χ0) is 14.3. The average molecular weight is 264 g/mol. The van der Waals surface area contributed by atoms with Crippen LogP contribution in [0, 0.1) is 5.92 Å². The molecule has 0 radical (unpaired) electrons. The molecule has 0 aromatic heterocycles. The van der Waals surface area contributed by atoms with E-state index in [2.05, 4.69) is 5.32 Å². The number of anilines is 1. The lowest BCUT2D eigenvalue weighted by Gasteiger charge is -2.11. The van der Waals surface area contributed by atoms with Crippen molar-refractivity contribution in [2.24, 2.45) is 5.92 Å².